The second-order valence-electron chi connectivity index (χ2n) is 4.68. The molecule has 1 N–H and O–H groups in total. The van der Waals surface area contributed by atoms with E-state index in [1.807, 2.05) is 0 Å². The van der Waals surface area contributed by atoms with Crippen molar-refractivity contribution >= 4 is 27.3 Å². The Kier molecular flexibility index (Phi) is 4.28. The maximum Gasteiger partial charge on any atom is 0.295 e. The van der Waals surface area contributed by atoms with E-state index in [9.17, 15) is 19.6 Å². The summed E-state index contributed by atoms with van der Waals surface area (Å²) < 4.78 is 13.4. The molecule has 0 amide bonds. The Hall–Kier alpha value is -1.21. The highest BCUT2D eigenvalue weighted by Gasteiger charge is 2.24. The number of likely N-dealkylation sites (N-methyl/N-ethyl adjacent to an activating group) is 1. The minimum Gasteiger partial charge on any atom is -0.389 e. The zero-order valence-electron chi connectivity index (χ0n) is 10.3. The third-order valence-electron chi connectivity index (χ3n) is 2.25. The van der Waals surface area contributed by atoms with Crippen LogP contribution >= 0.6 is 15.9 Å². The molecule has 0 heterocycles. The molecule has 1 aromatic carbocycles. The largest absolute Gasteiger partial charge is 0.389 e. The second-order valence-corrected chi connectivity index (χ2v) is 5.53. The molecule has 0 aromatic heterocycles. The van der Waals surface area contributed by atoms with Crippen LogP contribution in [-0.4, -0.2) is 29.2 Å². The quantitative estimate of drug-likeness (QED) is 0.684. The number of rotatable bonds is 4. The highest BCUT2D eigenvalue weighted by molar-refractivity contribution is 9.10. The number of aliphatic hydroxyl groups is 1. The molecular weight excluding hydrogens is 307 g/mol. The second kappa shape index (κ2) is 5.19. The monoisotopic (exact) mass is 320 g/mol. The van der Waals surface area contributed by atoms with E-state index in [1.54, 1.807) is 20.9 Å². The van der Waals surface area contributed by atoms with Gasteiger partial charge in [-0.2, -0.15) is 0 Å². The van der Waals surface area contributed by atoms with Crippen LogP contribution in [0, 0.1) is 15.9 Å². The van der Waals surface area contributed by atoms with E-state index < -0.39 is 16.3 Å². The number of nitrogens with zero attached hydrogens (tertiary/aromatic N) is 2. The summed E-state index contributed by atoms with van der Waals surface area (Å²) in [7, 11) is 1.60. The SMILES string of the molecule is CN(CC(C)(C)O)c1cc(Br)c(F)cc1[N+](=O)[O-]. The average Bonchev–Trinajstić information content (AvgIpc) is 2.18. The van der Waals surface area contributed by atoms with Crippen molar-refractivity contribution < 1.29 is 14.4 Å². The lowest BCUT2D eigenvalue weighted by atomic mass is 10.1. The molecule has 1 rings (SSSR count). The molecule has 1 aromatic rings. The molecule has 0 fully saturated rings. The zero-order chi connectivity index (χ0) is 14.1. The lowest BCUT2D eigenvalue weighted by Gasteiger charge is -2.27. The number of benzene rings is 1. The van der Waals surface area contributed by atoms with Crippen LogP contribution in [0.1, 0.15) is 13.8 Å². The van der Waals surface area contributed by atoms with Gasteiger partial charge in [0, 0.05) is 13.6 Å². The van der Waals surface area contributed by atoms with Gasteiger partial charge in [-0.15, -0.1) is 0 Å². The van der Waals surface area contributed by atoms with Crippen LogP contribution in [0.3, 0.4) is 0 Å². The molecule has 100 valence electrons. The van der Waals surface area contributed by atoms with Crippen LogP contribution in [0.2, 0.25) is 0 Å². The summed E-state index contributed by atoms with van der Waals surface area (Å²) in [6.45, 7) is 3.37. The lowest BCUT2D eigenvalue weighted by Crippen LogP contribution is -2.36. The third kappa shape index (κ3) is 3.64. The summed E-state index contributed by atoms with van der Waals surface area (Å²) in [4.78, 5) is 11.8. The maximum atomic E-state index is 13.3. The predicted molar refractivity (Wildman–Crippen MR) is 70.3 cm³/mol. The van der Waals surface area contributed by atoms with Crippen molar-refractivity contribution in [1.82, 2.24) is 0 Å². The molecule has 0 aliphatic carbocycles. The van der Waals surface area contributed by atoms with Gasteiger partial charge in [0.05, 0.1) is 21.1 Å². The van der Waals surface area contributed by atoms with Gasteiger partial charge in [0.1, 0.15) is 11.5 Å². The van der Waals surface area contributed by atoms with Crippen LogP contribution in [0.5, 0.6) is 0 Å². The van der Waals surface area contributed by atoms with Gasteiger partial charge in [0.25, 0.3) is 5.69 Å². The first kappa shape index (κ1) is 14.8. The van der Waals surface area contributed by atoms with E-state index in [0.29, 0.717) is 0 Å². The normalized spacial score (nSPS) is 11.4. The van der Waals surface area contributed by atoms with E-state index in [1.165, 1.54) is 11.0 Å². The molecule has 0 saturated heterocycles. The van der Waals surface area contributed by atoms with Gasteiger partial charge < -0.3 is 10.0 Å². The molecule has 0 bridgehead atoms. The van der Waals surface area contributed by atoms with E-state index >= 15 is 0 Å². The Labute approximate surface area is 112 Å². The summed E-state index contributed by atoms with van der Waals surface area (Å²) in [5.41, 5.74) is -1.10. The Bertz CT molecular complexity index is 474. The lowest BCUT2D eigenvalue weighted by molar-refractivity contribution is -0.384. The molecular formula is C11H14BrFN2O3. The Morgan fingerprint density at radius 1 is 1.56 bits per heavy atom. The first-order chi connectivity index (χ1) is 8.11. The van der Waals surface area contributed by atoms with Gasteiger partial charge in [0.2, 0.25) is 0 Å². The van der Waals surface area contributed by atoms with E-state index in [4.69, 9.17) is 0 Å². The number of halogens is 2. The van der Waals surface area contributed by atoms with Gasteiger partial charge in [-0.3, -0.25) is 10.1 Å². The maximum absolute atomic E-state index is 13.3. The Morgan fingerprint density at radius 3 is 2.56 bits per heavy atom. The number of nitro benzene ring substituents is 1. The Morgan fingerprint density at radius 2 is 2.11 bits per heavy atom. The van der Waals surface area contributed by atoms with Crippen molar-refractivity contribution in [2.75, 3.05) is 18.5 Å². The summed E-state index contributed by atoms with van der Waals surface area (Å²) in [6.07, 6.45) is 0. The van der Waals surface area contributed by atoms with Gasteiger partial charge in [-0.25, -0.2) is 4.39 Å². The van der Waals surface area contributed by atoms with E-state index in [2.05, 4.69) is 15.9 Å². The first-order valence-corrected chi connectivity index (χ1v) is 5.98. The number of anilines is 1. The van der Waals surface area contributed by atoms with Crippen molar-refractivity contribution in [2.45, 2.75) is 19.4 Å². The van der Waals surface area contributed by atoms with E-state index in [0.717, 1.165) is 6.07 Å². The highest BCUT2D eigenvalue weighted by Crippen LogP contribution is 2.33. The minimum atomic E-state index is -1.01. The summed E-state index contributed by atoms with van der Waals surface area (Å²) in [6, 6.07) is 2.19. The molecule has 5 nitrogen and oxygen atoms in total. The summed E-state index contributed by atoms with van der Waals surface area (Å²) in [5, 5.41) is 20.6. The van der Waals surface area contributed by atoms with Gasteiger partial charge >= 0.3 is 0 Å². The molecule has 0 unspecified atom stereocenters. The third-order valence-corrected chi connectivity index (χ3v) is 2.86. The first-order valence-electron chi connectivity index (χ1n) is 5.19. The van der Waals surface area contributed by atoms with Crippen LogP contribution in [-0.2, 0) is 0 Å². The standard InChI is InChI=1S/C11H14BrFN2O3/c1-11(2,16)6-14(3)9-4-7(12)8(13)5-10(9)15(17)18/h4-5,16H,6H2,1-3H3. The summed E-state index contributed by atoms with van der Waals surface area (Å²) in [5.74, 6) is -0.692. The topological polar surface area (TPSA) is 66.6 Å². The zero-order valence-corrected chi connectivity index (χ0v) is 11.9. The minimum absolute atomic E-state index is 0.144. The number of hydrogen-bond acceptors (Lipinski definition) is 4. The number of nitro groups is 1. The Balaban J connectivity index is 3.22. The van der Waals surface area contributed by atoms with Crippen LogP contribution in [0.25, 0.3) is 0 Å². The van der Waals surface area contributed by atoms with Crippen molar-refractivity contribution in [3.8, 4) is 0 Å². The molecule has 0 spiro atoms. The fourth-order valence-electron chi connectivity index (χ4n) is 1.64. The van der Waals surface area contributed by atoms with Crippen LogP contribution < -0.4 is 4.90 Å². The number of hydrogen-bond donors (Lipinski definition) is 1. The molecule has 18 heavy (non-hydrogen) atoms. The molecule has 0 saturated carbocycles. The highest BCUT2D eigenvalue weighted by atomic mass is 79.9. The van der Waals surface area contributed by atoms with Crippen LogP contribution in [0.15, 0.2) is 16.6 Å². The molecule has 0 atom stereocenters. The average molecular weight is 321 g/mol. The molecule has 0 aliphatic heterocycles. The summed E-state index contributed by atoms with van der Waals surface area (Å²) >= 11 is 2.99. The van der Waals surface area contributed by atoms with Gasteiger partial charge in [-0.05, 0) is 35.8 Å². The fraction of sp³-hybridized carbons (Fsp3) is 0.455. The van der Waals surface area contributed by atoms with Crippen molar-refractivity contribution in [3.63, 3.8) is 0 Å². The van der Waals surface area contributed by atoms with E-state index in [-0.39, 0.29) is 22.4 Å². The molecule has 0 radical (unpaired) electrons. The van der Waals surface area contributed by atoms with Crippen LogP contribution in [0.4, 0.5) is 15.8 Å². The van der Waals surface area contributed by atoms with Crippen molar-refractivity contribution in [2.24, 2.45) is 0 Å². The predicted octanol–water partition coefficient (Wildman–Crippen LogP) is 2.70. The van der Waals surface area contributed by atoms with Gasteiger partial charge in [0.15, 0.2) is 0 Å². The van der Waals surface area contributed by atoms with Crippen molar-refractivity contribution in [3.05, 3.63) is 32.5 Å². The molecule has 0 aliphatic rings. The smallest absolute Gasteiger partial charge is 0.295 e. The van der Waals surface area contributed by atoms with Crippen molar-refractivity contribution in [1.29, 1.82) is 0 Å². The molecule has 7 heteroatoms. The van der Waals surface area contributed by atoms with Gasteiger partial charge in [-0.1, -0.05) is 0 Å². The fourth-order valence-corrected chi connectivity index (χ4v) is 1.97.